The number of aromatic hydroxyl groups is 1. The molecule has 0 unspecified atom stereocenters. The first-order valence-electron chi connectivity index (χ1n) is 8.35. The molecule has 0 aliphatic heterocycles. The normalized spacial score (nSPS) is 10.7. The van der Waals surface area contributed by atoms with E-state index in [1.54, 1.807) is 12.1 Å². The van der Waals surface area contributed by atoms with E-state index < -0.39 is 0 Å². The van der Waals surface area contributed by atoms with Gasteiger partial charge >= 0.3 is 0 Å². The molecule has 5 heteroatoms. The van der Waals surface area contributed by atoms with E-state index in [2.05, 4.69) is 15.5 Å². The highest BCUT2D eigenvalue weighted by molar-refractivity contribution is 5.69. The van der Waals surface area contributed by atoms with Gasteiger partial charge in [-0.25, -0.2) is 0 Å². The van der Waals surface area contributed by atoms with Crippen molar-refractivity contribution in [1.82, 2.24) is 14.8 Å². The van der Waals surface area contributed by atoms with Crippen molar-refractivity contribution in [2.75, 3.05) is 5.32 Å². The van der Waals surface area contributed by atoms with Crippen molar-refractivity contribution in [2.24, 2.45) is 0 Å². The zero-order chi connectivity index (χ0) is 17.9. The van der Waals surface area contributed by atoms with Crippen LogP contribution in [0.25, 0.3) is 17.1 Å². The predicted molar refractivity (Wildman–Crippen MR) is 103 cm³/mol. The Kier molecular flexibility index (Phi) is 4.11. The van der Waals surface area contributed by atoms with E-state index in [4.69, 9.17) is 0 Å². The number of nitrogens with zero attached hydrogens (tertiary/aromatic N) is 3. The lowest BCUT2D eigenvalue weighted by Gasteiger charge is -2.12. The molecule has 0 fully saturated rings. The molecular formula is C21H18N4O. The minimum absolute atomic E-state index is 0.166. The van der Waals surface area contributed by atoms with Crippen LogP contribution in [0.4, 0.5) is 11.6 Å². The van der Waals surface area contributed by atoms with E-state index in [9.17, 15) is 5.11 Å². The summed E-state index contributed by atoms with van der Waals surface area (Å²) in [6.07, 6.45) is 0. The lowest BCUT2D eigenvalue weighted by molar-refractivity contribution is 0.476. The van der Waals surface area contributed by atoms with Gasteiger partial charge in [-0.3, -0.25) is 4.57 Å². The van der Waals surface area contributed by atoms with E-state index >= 15 is 0 Å². The molecule has 0 bridgehead atoms. The van der Waals surface area contributed by atoms with Gasteiger partial charge in [-0.2, -0.15) is 0 Å². The molecule has 0 saturated heterocycles. The fourth-order valence-electron chi connectivity index (χ4n) is 2.79. The molecule has 1 heterocycles. The molecule has 0 atom stereocenters. The largest absolute Gasteiger partial charge is 0.507 e. The summed E-state index contributed by atoms with van der Waals surface area (Å²) in [6, 6.07) is 25.0. The molecule has 128 valence electrons. The van der Waals surface area contributed by atoms with E-state index in [-0.39, 0.29) is 5.75 Å². The summed E-state index contributed by atoms with van der Waals surface area (Å²) >= 11 is 0. The van der Waals surface area contributed by atoms with Gasteiger partial charge < -0.3 is 10.4 Å². The molecule has 3 aromatic carbocycles. The highest BCUT2D eigenvalue weighted by Gasteiger charge is 2.18. The van der Waals surface area contributed by atoms with Gasteiger partial charge in [0.15, 0.2) is 5.82 Å². The number of para-hydroxylation sites is 2. The zero-order valence-electron chi connectivity index (χ0n) is 14.3. The molecule has 0 saturated carbocycles. The second kappa shape index (κ2) is 6.72. The first-order valence-corrected chi connectivity index (χ1v) is 8.35. The van der Waals surface area contributed by atoms with E-state index in [1.165, 1.54) is 5.56 Å². The Hall–Kier alpha value is -3.60. The Morgan fingerprint density at radius 2 is 1.50 bits per heavy atom. The van der Waals surface area contributed by atoms with Crippen molar-refractivity contribution in [3.8, 4) is 22.8 Å². The minimum atomic E-state index is 0.166. The van der Waals surface area contributed by atoms with Crippen molar-refractivity contribution in [3.63, 3.8) is 0 Å². The topological polar surface area (TPSA) is 63.0 Å². The Morgan fingerprint density at radius 1 is 0.808 bits per heavy atom. The molecular weight excluding hydrogens is 324 g/mol. The lowest BCUT2D eigenvalue weighted by Crippen LogP contribution is -2.03. The predicted octanol–water partition coefficient (Wildman–Crippen LogP) is 4.69. The number of aryl methyl sites for hydroxylation is 1. The van der Waals surface area contributed by atoms with Gasteiger partial charge in [0.2, 0.25) is 5.95 Å². The maximum Gasteiger partial charge on any atom is 0.234 e. The van der Waals surface area contributed by atoms with E-state index in [0.717, 1.165) is 11.4 Å². The molecule has 4 aromatic rings. The van der Waals surface area contributed by atoms with Crippen molar-refractivity contribution in [1.29, 1.82) is 0 Å². The Balaban J connectivity index is 1.85. The number of nitrogens with one attached hydrogen (secondary N) is 1. The maximum atomic E-state index is 10.3. The number of phenols is 1. The number of benzene rings is 3. The first kappa shape index (κ1) is 15.9. The lowest BCUT2D eigenvalue weighted by atomic mass is 10.2. The average molecular weight is 342 g/mol. The van der Waals surface area contributed by atoms with Crippen LogP contribution in [0.1, 0.15) is 5.56 Å². The third kappa shape index (κ3) is 3.02. The highest BCUT2D eigenvalue weighted by Crippen LogP contribution is 2.32. The number of phenolic OH excluding ortho intramolecular Hbond substituents is 1. The van der Waals surface area contributed by atoms with Crippen molar-refractivity contribution in [3.05, 3.63) is 84.4 Å². The number of rotatable bonds is 4. The summed E-state index contributed by atoms with van der Waals surface area (Å²) in [4.78, 5) is 0. The molecule has 0 aliphatic carbocycles. The fourth-order valence-corrected chi connectivity index (χ4v) is 2.79. The highest BCUT2D eigenvalue weighted by atomic mass is 16.3. The standard InChI is InChI=1S/C21H18N4O/c1-15-11-13-16(14-12-15)22-21-24-23-20(18-9-5-6-10-19(18)26)25(21)17-7-3-2-4-8-17/h2-14,26H,1H3,(H,22,24). The Morgan fingerprint density at radius 3 is 2.23 bits per heavy atom. The Bertz CT molecular complexity index is 1020. The smallest absolute Gasteiger partial charge is 0.234 e. The van der Waals surface area contributed by atoms with Gasteiger partial charge in [0.05, 0.1) is 11.3 Å². The number of hydrogen-bond donors (Lipinski definition) is 2. The molecule has 0 radical (unpaired) electrons. The molecule has 1 aromatic heterocycles. The summed E-state index contributed by atoms with van der Waals surface area (Å²) in [5.41, 5.74) is 3.64. The van der Waals surface area contributed by atoms with Crippen molar-refractivity contribution < 1.29 is 5.11 Å². The van der Waals surface area contributed by atoms with Crippen LogP contribution in [0.15, 0.2) is 78.9 Å². The third-order valence-electron chi connectivity index (χ3n) is 4.13. The van der Waals surface area contributed by atoms with Crippen LogP contribution in [0.5, 0.6) is 5.75 Å². The van der Waals surface area contributed by atoms with E-state index in [0.29, 0.717) is 17.3 Å². The fraction of sp³-hybridized carbons (Fsp3) is 0.0476. The first-order chi connectivity index (χ1) is 12.7. The van der Waals surface area contributed by atoms with Crippen LogP contribution >= 0.6 is 0 Å². The zero-order valence-corrected chi connectivity index (χ0v) is 14.3. The number of anilines is 2. The second-order valence-electron chi connectivity index (χ2n) is 6.03. The molecule has 0 aliphatic rings. The maximum absolute atomic E-state index is 10.3. The SMILES string of the molecule is Cc1ccc(Nc2nnc(-c3ccccc3O)n2-c2ccccc2)cc1. The second-order valence-corrected chi connectivity index (χ2v) is 6.03. The quantitative estimate of drug-likeness (QED) is 0.565. The van der Waals surface area contributed by atoms with Gasteiger partial charge in [0, 0.05) is 5.69 Å². The van der Waals surface area contributed by atoms with Crippen LogP contribution in [-0.4, -0.2) is 19.9 Å². The van der Waals surface area contributed by atoms with Gasteiger partial charge in [-0.1, -0.05) is 48.0 Å². The molecule has 2 N–H and O–H groups in total. The molecule has 5 nitrogen and oxygen atoms in total. The molecule has 0 amide bonds. The third-order valence-corrected chi connectivity index (χ3v) is 4.13. The van der Waals surface area contributed by atoms with Crippen LogP contribution in [0.3, 0.4) is 0 Å². The minimum Gasteiger partial charge on any atom is -0.507 e. The Labute approximate surface area is 151 Å². The van der Waals surface area contributed by atoms with E-state index in [1.807, 2.05) is 78.2 Å². The molecule has 26 heavy (non-hydrogen) atoms. The van der Waals surface area contributed by atoms with Gasteiger partial charge in [0.1, 0.15) is 5.75 Å². The number of hydrogen-bond acceptors (Lipinski definition) is 4. The molecule has 4 rings (SSSR count). The monoisotopic (exact) mass is 342 g/mol. The van der Waals surface area contributed by atoms with Crippen LogP contribution in [-0.2, 0) is 0 Å². The van der Waals surface area contributed by atoms with Gasteiger partial charge in [-0.15, -0.1) is 10.2 Å². The number of aromatic nitrogens is 3. The summed E-state index contributed by atoms with van der Waals surface area (Å²) in [6.45, 7) is 2.05. The van der Waals surface area contributed by atoms with Crippen molar-refractivity contribution >= 4 is 11.6 Å². The van der Waals surface area contributed by atoms with Crippen LogP contribution in [0, 0.1) is 6.92 Å². The summed E-state index contributed by atoms with van der Waals surface area (Å²) in [5, 5.41) is 22.2. The average Bonchev–Trinajstić information content (AvgIpc) is 3.08. The van der Waals surface area contributed by atoms with Crippen molar-refractivity contribution in [2.45, 2.75) is 6.92 Å². The summed E-state index contributed by atoms with van der Waals surface area (Å²) in [5.74, 6) is 1.32. The van der Waals surface area contributed by atoms with Gasteiger partial charge in [0.25, 0.3) is 0 Å². The van der Waals surface area contributed by atoms with Crippen LogP contribution in [0.2, 0.25) is 0 Å². The van der Waals surface area contributed by atoms with Gasteiger partial charge in [-0.05, 0) is 43.3 Å². The summed E-state index contributed by atoms with van der Waals surface area (Å²) in [7, 11) is 0. The van der Waals surface area contributed by atoms with Crippen LogP contribution < -0.4 is 5.32 Å². The molecule has 0 spiro atoms. The summed E-state index contributed by atoms with van der Waals surface area (Å²) < 4.78 is 1.90.